The molecule has 1 aromatic rings. The van der Waals surface area contributed by atoms with Crippen LogP contribution in [-0.2, 0) is 0 Å². The average molecular weight is 276 g/mol. The highest BCUT2D eigenvalue weighted by Crippen LogP contribution is 2.38. The summed E-state index contributed by atoms with van der Waals surface area (Å²) in [5.41, 5.74) is 0. The van der Waals surface area contributed by atoms with Crippen molar-refractivity contribution in [3.63, 3.8) is 0 Å². The zero-order chi connectivity index (χ0) is 9.97. The average Bonchev–Trinajstić information content (AvgIpc) is 2.80. The minimum absolute atomic E-state index is 0.340. The van der Waals surface area contributed by atoms with Crippen molar-refractivity contribution in [2.75, 3.05) is 12.8 Å². The second kappa shape index (κ2) is 4.73. The second-order valence-electron chi connectivity index (χ2n) is 3.45. The van der Waals surface area contributed by atoms with E-state index in [1.807, 2.05) is 24.9 Å². The molecule has 2 heterocycles. The first-order valence-electron chi connectivity index (χ1n) is 4.84. The van der Waals surface area contributed by atoms with Crippen molar-refractivity contribution in [2.24, 2.45) is 0 Å². The Bertz CT molecular complexity index is 296. The molecule has 1 fully saturated rings. The summed E-state index contributed by atoms with van der Waals surface area (Å²) in [6, 6.07) is 2.30. The fraction of sp³-hybridized carbons (Fsp3) is 0.600. The molecule has 2 nitrogen and oxygen atoms in total. The van der Waals surface area contributed by atoms with Gasteiger partial charge in [0, 0.05) is 5.25 Å². The summed E-state index contributed by atoms with van der Waals surface area (Å²) in [6.45, 7) is 0. The van der Waals surface area contributed by atoms with Gasteiger partial charge < -0.3 is 9.73 Å². The Balaban J connectivity index is 2.16. The van der Waals surface area contributed by atoms with Crippen LogP contribution in [0.2, 0.25) is 0 Å². The van der Waals surface area contributed by atoms with E-state index in [0.29, 0.717) is 11.3 Å². The van der Waals surface area contributed by atoms with Crippen LogP contribution < -0.4 is 5.32 Å². The highest BCUT2D eigenvalue weighted by atomic mass is 79.9. The fourth-order valence-electron chi connectivity index (χ4n) is 1.88. The molecule has 1 N–H and O–H groups in total. The van der Waals surface area contributed by atoms with Crippen LogP contribution in [0.5, 0.6) is 0 Å². The molecule has 14 heavy (non-hydrogen) atoms. The number of hydrogen-bond donors (Lipinski definition) is 1. The largest absolute Gasteiger partial charge is 0.466 e. The van der Waals surface area contributed by atoms with E-state index in [2.05, 4.69) is 21.2 Å². The summed E-state index contributed by atoms with van der Waals surface area (Å²) >= 11 is 5.55. The molecule has 78 valence electrons. The number of rotatable bonds is 3. The monoisotopic (exact) mass is 275 g/mol. The van der Waals surface area contributed by atoms with Gasteiger partial charge in [0.1, 0.15) is 5.76 Å². The van der Waals surface area contributed by atoms with E-state index in [1.165, 1.54) is 18.6 Å². The van der Waals surface area contributed by atoms with E-state index in [-0.39, 0.29) is 0 Å². The van der Waals surface area contributed by atoms with Crippen molar-refractivity contribution >= 4 is 27.7 Å². The molecule has 1 aromatic heterocycles. The summed E-state index contributed by atoms with van der Waals surface area (Å²) in [5.74, 6) is 2.31. The molecular weight excluding hydrogens is 262 g/mol. The first kappa shape index (κ1) is 10.6. The predicted molar refractivity (Wildman–Crippen MR) is 63.7 cm³/mol. The Kier molecular flexibility index (Phi) is 3.57. The maximum atomic E-state index is 5.51. The third kappa shape index (κ3) is 2.02. The van der Waals surface area contributed by atoms with Crippen molar-refractivity contribution in [2.45, 2.75) is 24.1 Å². The molecule has 0 aromatic carbocycles. The Hall–Kier alpha value is 0.0700. The van der Waals surface area contributed by atoms with Crippen LogP contribution in [0, 0.1) is 0 Å². The lowest BCUT2D eigenvalue weighted by atomic mass is 10.1. The molecule has 0 radical (unpaired) electrons. The summed E-state index contributed by atoms with van der Waals surface area (Å²) in [4.78, 5) is 0. The third-order valence-electron chi connectivity index (χ3n) is 2.57. The smallest absolute Gasteiger partial charge is 0.135 e. The third-order valence-corrected chi connectivity index (χ3v) is 4.69. The molecule has 0 aliphatic carbocycles. The maximum absolute atomic E-state index is 5.51. The Morgan fingerprint density at radius 3 is 3.07 bits per heavy atom. The van der Waals surface area contributed by atoms with Crippen molar-refractivity contribution in [3.8, 4) is 0 Å². The van der Waals surface area contributed by atoms with Crippen molar-refractivity contribution in [1.29, 1.82) is 0 Å². The molecule has 1 aliphatic heterocycles. The van der Waals surface area contributed by atoms with Gasteiger partial charge in [-0.1, -0.05) is 0 Å². The topological polar surface area (TPSA) is 25.2 Å². The van der Waals surface area contributed by atoms with Crippen molar-refractivity contribution < 1.29 is 4.42 Å². The van der Waals surface area contributed by atoms with Crippen molar-refractivity contribution in [3.05, 3.63) is 22.6 Å². The molecule has 2 atom stereocenters. The Labute approximate surface area is 97.0 Å². The first-order valence-corrected chi connectivity index (χ1v) is 6.69. The van der Waals surface area contributed by atoms with Gasteiger partial charge in [-0.15, -0.1) is 0 Å². The highest BCUT2D eigenvalue weighted by Gasteiger charge is 2.29. The Morgan fingerprint density at radius 2 is 2.57 bits per heavy atom. The first-order chi connectivity index (χ1) is 6.83. The maximum Gasteiger partial charge on any atom is 0.135 e. The lowest BCUT2D eigenvalue weighted by Crippen LogP contribution is -2.25. The molecule has 1 aliphatic rings. The van der Waals surface area contributed by atoms with Gasteiger partial charge in [0.2, 0.25) is 0 Å². The van der Waals surface area contributed by atoms with E-state index in [9.17, 15) is 0 Å². The van der Waals surface area contributed by atoms with Gasteiger partial charge >= 0.3 is 0 Å². The van der Waals surface area contributed by atoms with Crippen LogP contribution in [0.15, 0.2) is 21.2 Å². The number of hydrogen-bond acceptors (Lipinski definition) is 3. The molecule has 0 bridgehead atoms. The lowest BCUT2D eigenvalue weighted by Gasteiger charge is -2.20. The normalized spacial score (nSPS) is 24.0. The molecule has 0 saturated carbocycles. The van der Waals surface area contributed by atoms with Gasteiger partial charge in [-0.25, -0.2) is 0 Å². The van der Waals surface area contributed by atoms with Crippen LogP contribution in [0.3, 0.4) is 0 Å². The SMILES string of the molecule is CNC(c1occc1Br)C1CCCS1. The number of thioether (sulfide) groups is 1. The summed E-state index contributed by atoms with van der Waals surface area (Å²) in [5, 5.41) is 4.00. The molecular formula is C10H14BrNOS. The molecule has 4 heteroatoms. The van der Waals surface area contributed by atoms with Crippen LogP contribution in [0.4, 0.5) is 0 Å². The second-order valence-corrected chi connectivity index (χ2v) is 5.65. The molecule has 2 unspecified atom stereocenters. The minimum atomic E-state index is 0.340. The van der Waals surface area contributed by atoms with Gasteiger partial charge in [0.25, 0.3) is 0 Å². The van der Waals surface area contributed by atoms with E-state index in [1.54, 1.807) is 6.26 Å². The zero-order valence-electron chi connectivity index (χ0n) is 8.13. The number of halogens is 1. The summed E-state index contributed by atoms with van der Waals surface area (Å²) in [6.07, 6.45) is 4.35. The molecule has 0 spiro atoms. The lowest BCUT2D eigenvalue weighted by molar-refractivity contribution is 0.416. The van der Waals surface area contributed by atoms with E-state index in [0.717, 1.165) is 10.2 Å². The fourth-order valence-corrected chi connectivity index (χ4v) is 3.75. The van der Waals surface area contributed by atoms with Crippen LogP contribution >= 0.6 is 27.7 Å². The molecule has 2 rings (SSSR count). The van der Waals surface area contributed by atoms with Gasteiger partial charge in [-0.05, 0) is 47.6 Å². The quantitative estimate of drug-likeness (QED) is 0.917. The van der Waals surface area contributed by atoms with E-state index < -0.39 is 0 Å². The predicted octanol–water partition coefficient (Wildman–Crippen LogP) is 3.20. The van der Waals surface area contributed by atoms with Gasteiger partial charge in [-0.3, -0.25) is 0 Å². The standard InChI is InChI=1S/C10H14BrNOS/c1-12-9(8-3-2-6-14-8)10-7(11)4-5-13-10/h4-5,8-9,12H,2-3,6H2,1H3. The Morgan fingerprint density at radius 1 is 1.71 bits per heavy atom. The van der Waals surface area contributed by atoms with Gasteiger partial charge in [-0.2, -0.15) is 11.8 Å². The molecule has 0 amide bonds. The van der Waals surface area contributed by atoms with Gasteiger partial charge in [0.15, 0.2) is 0 Å². The molecule has 1 saturated heterocycles. The zero-order valence-corrected chi connectivity index (χ0v) is 10.5. The van der Waals surface area contributed by atoms with Crippen LogP contribution in [0.25, 0.3) is 0 Å². The van der Waals surface area contributed by atoms with Crippen LogP contribution in [-0.4, -0.2) is 18.1 Å². The highest BCUT2D eigenvalue weighted by molar-refractivity contribution is 9.10. The van der Waals surface area contributed by atoms with E-state index >= 15 is 0 Å². The minimum Gasteiger partial charge on any atom is -0.466 e. The summed E-state index contributed by atoms with van der Waals surface area (Å²) < 4.78 is 6.58. The summed E-state index contributed by atoms with van der Waals surface area (Å²) in [7, 11) is 2.00. The number of furan rings is 1. The van der Waals surface area contributed by atoms with Crippen LogP contribution in [0.1, 0.15) is 24.6 Å². The van der Waals surface area contributed by atoms with Gasteiger partial charge in [0.05, 0.1) is 16.8 Å². The van der Waals surface area contributed by atoms with Crippen molar-refractivity contribution in [1.82, 2.24) is 5.32 Å². The number of nitrogens with one attached hydrogen (secondary N) is 1. The van der Waals surface area contributed by atoms with E-state index in [4.69, 9.17) is 4.42 Å².